The molecule has 1 aromatic rings. The fourth-order valence-corrected chi connectivity index (χ4v) is 0.982. The molecule has 0 fully saturated rings. The molecule has 5 nitrogen and oxygen atoms in total. The van der Waals surface area contributed by atoms with Gasteiger partial charge in [-0.1, -0.05) is 5.16 Å². The lowest BCUT2D eigenvalue weighted by Gasteiger charge is -1.91. The van der Waals surface area contributed by atoms with Crippen molar-refractivity contribution < 1.29 is 14.4 Å². The zero-order chi connectivity index (χ0) is 10.7. The largest absolute Gasteiger partial charge is 0.477 e. The normalized spacial score (nSPS) is 11.1. The molecule has 5 heteroatoms. The molecule has 0 amide bonds. The van der Waals surface area contributed by atoms with E-state index in [9.17, 15) is 4.79 Å². The van der Waals surface area contributed by atoms with Crippen molar-refractivity contribution in [3.8, 4) is 6.07 Å². The minimum absolute atomic E-state index is 0.334. The van der Waals surface area contributed by atoms with E-state index in [1.807, 2.05) is 0 Å². The summed E-state index contributed by atoms with van der Waals surface area (Å²) >= 11 is 0. The van der Waals surface area contributed by atoms with E-state index in [0.29, 0.717) is 17.0 Å². The summed E-state index contributed by atoms with van der Waals surface area (Å²) in [4.78, 5) is 10.5. The van der Waals surface area contributed by atoms with Crippen LogP contribution in [0.5, 0.6) is 0 Å². The quantitative estimate of drug-likeness (QED) is 0.563. The summed E-state index contributed by atoms with van der Waals surface area (Å²) in [6.07, 6.45) is 1.25. The number of hydrogen-bond acceptors (Lipinski definition) is 4. The van der Waals surface area contributed by atoms with Crippen molar-refractivity contribution in [2.24, 2.45) is 0 Å². The fraction of sp³-hybridized carbons (Fsp3) is 0.222. The maximum Gasteiger partial charge on any atom is 0.346 e. The van der Waals surface area contributed by atoms with Crippen molar-refractivity contribution in [2.45, 2.75) is 13.8 Å². The molecule has 0 aliphatic heterocycles. The Labute approximate surface area is 80.2 Å². The summed E-state index contributed by atoms with van der Waals surface area (Å²) in [5, 5.41) is 20.8. The van der Waals surface area contributed by atoms with Crippen molar-refractivity contribution in [1.82, 2.24) is 5.16 Å². The van der Waals surface area contributed by atoms with Crippen LogP contribution in [0.4, 0.5) is 0 Å². The van der Waals surface area contributed by atoms with Crippen LogP contribution in [0.2, 0.25) is 0 Å². The van der Waals surface area contributed by atoms with E-state index < -0.39 is 5.97 Å². The first-order valence-corrected chi connectivity index (χ1v) is 3.84. The summed E-state index contributed by atoms with van der Waals surface area (Å²) < 4.78 is 4.82. The Morgan fingerprint density at radius 1 is 1.64 bits per heavy atom. The molecule has 72 valence electrons. The summed E-state index contributed by atoms with van der Waals surface area (Å²) in [5.74, 6) is -0.760. The minimum atomic E-state index is -1.26. The Bertz CT molecular complexity index is 418. The zero-order valence-electron chi connectivity index (χ0n) is 7.74. The van der Waals surface area contributed by atoms with Crippen molar-refractivity contribution in [3.63, 3.8) is 0 Å². The summed E-state index contributed by atoms with van der Waals surface area (Å²) in [5.41, 5.74) is 0.778. The summed E-state index contributed by atoms with van der Waals surface area (Å²) in [6, 6.07) is 1.59. The fourth-order valence-electron chi connectivity index (χ4n) is 0.982. The molecule has 0 aromatic carbocycles. The van der Waals surface area contributed by atoms with Gasteiger partial charge in [0.15, 0.2) is 0 Å². The predicted octanol–water partition coefficient (Wildman–Crippen LogP) is 1.28. The molecule has 0 saturated heterocycles. The van der Waals surface area contributed by atoms with Crippen molar-refractivity contribution in [3.05, 3.63) is 22.6 Å². The van der Waals surface area contributed by atoms with Gasteiger partial charge >= 0.3 is 5.97 Å². The van der Waals surface area contributed by atoms with E-state index in [2.05, 4.69) is 5.16 Å². The average molecular weight is 192 g/mol. The van der Waals surface area contributed by atoms with Crippen LogP contribution in [0.1, 0.15) is 17.0 Å². The molecule has 1 heterocycles. The number of nitrogens with zero attached hydrogens (tertiary/aromatic N) is 2. The topological polar surface area (TPSA) is 87.1 Å². The van der Waals surface area contributed by atoms with Crippen LogP contribution in [0, 0.1) is 25.2 Å². The van der Waals surface area contributed by atoms with Crippen LogP contribution in [0.15, 0.2) is 10.1 Å². The van der Waals surface area contributed by atoms with Gasteiger partial charge in [-0.2, -0.15) is 5.26 Å². The third kappa shape index (κ3) is 1.80. The van der Waals surface area contributed by atoms with E-state index >= 15 is 0 Å². The second kappa shape index (κ2) is 3.75. The maximum absolute atomic E-state index is 10.5. The molecule has 1 aromatic heterocycles. The average Bonchev–Trinajstić information content (AvgIpc) is 2.43. The number of aromatic nitrogens is 1. The van der Waals surface area contributed by atoms with Gasteiger partial charge < -0.3 is 9.63 Å². The molecular formula is C9H8N2O3. The lowest BCUT2D eigenvalue weighted by Crippen LogP contribution is -1.97. The second-order valence-corrected chi connectivity index (χ2v) is 2.71. The Hall–Kier alpha value is -2.09. The number of hydrogen-bond donors (Lipinski definition) is 1. The molecule has 0 saturated carbocycles. The lowest BCUT2D eigenvalue weighted by molar-refractivity contribution is -0.132. The minimum Gasteiger partial charge on any atom is -0.477 e. The molecule has 0 unspecified atom stereocenters. The first-order chi connectivity index (χ1) is 6.56. The monoisotopic (exact) mass is 192 g/mol. The van der Waals surface area contributed by atoms with Gasteiger partial charge in [0, 0.05) is 5.56 Å². The third-order valence-electron chi connectivity index (χ3n) is 1.73. The SMILES string of the molecule is Cc1noc(C)c1/C=C(/C#N)C(=O)O. The number of rotatable bonds is 2. The number of carboxylic acid groups (broad SMARTS) is 1. The molecular weight excluding hydrogens is 184 g/mol. The third-order valence-corrected chi connectivity index (χ3v) is 1.73. The molecule has 14 heavy (non-hydrogen) atoms. The van der Waals surface area contributed by atoms with Gasteiger partial charge in [-0.25, -0.2) is 4.79 Å². The van der Waals surface area contributed by atoms with Crippen LogP contribution < -0.4 is 0 Å². The van der Waals surface area contributed by atoms with Crippen LogP contribution >= 0.6 is 0 Å². The Morgan fingerprint density at radius 2 is 2.29 bits per heavy atom. The molecule has 0 aliphatic rings. The summed E-state index contributed by atoms with van der Waals surface area (Å²) in [6.45, 7) is 3.34. The standard InChI is InChI=1S/C9H8N2O3/c1-5-8(6(2)14-11-5)3-7(4-10)9(12)13/h3H,1-2H3,(H,12,13)/b7-3-. The molecule has 1 rings (SSSR count). The van der Waals surface area contributed by atoms with Gasteiger partial charge in [-0.15, -0.1) is 0 Å². The number of carboxylic acids is 1. The molecule has 0 spiro atoms. The number of nitriles is 1. The van der Waals surface area contributed by atoms with Crippen molar-refractivity contribution in [1.29, 1.82) is 5.26 Å². The highest BCUT2D eigenvalue weighted by Gasteiger charge is 2.11. The van der Waals surface area contributed by atoms with Crippen LogP contribution in [0.3, 0.4) is 0 Å². The Balaban J connectivity index is 3.20. The van der Waals surface area contributed by atoms with E-state index in [1.165, 1.54) is 6.08 Å². The number of aryl methyl sites for hydroxylation is 2. The van der Waals surface area contributed by atoms with E-state index in [4.69, 9.17) is 14.9 Å². The van der Waals surface area contributed by atoms with Crippen LogP contribution in [-0.4, -0.2) is 16.2 Å². The first kappa shape index (κ1) is 9.99. The maximum atomic E-state index is 10.5. The highest BCUT2D eigenvalue weighted by atomic mass is 16.5. The van der Waals surface area contributed by atoms with Crippen molar-refractivity contribution >= 4 is 12.0 Å². The van der Waals surface area contributed by atoms with Gasteiger partial charge in [-0.05, 0) is 19.9 Å². The first-order valence-electron chi connectivity index (χ1n) is 3.84. The zero-order valence-corrected chi connectivity index (χ0v) is 7.74. The van der Waals surface area contributed by atoms with Gasteiger partial charge in [-0.3, -0.25) is 0 Å². The number of aliphatic carboxylic acids is 1. The van der Waals surface area contributed by atoms with Gasteiger partial charge in [0.05, 0.1) is 5.69 Å². The predicted molar refractivity (Wildman–Crippen MR) is 47.2 cm³/mol. The van der Waals surface area contributed by atoms with Gasteiger partial charge in [0.2, 0.25) is 0 Å². The summed E-state index contributed by atoms with van der Waals surface area (Å²) in [7, 11) is 0. The highest BCUT2D eigenvalue weighted by Crippen LogP contribution is 2.16. The van der Waals surface area contributed by atoms with E-state index in [-0.39, 0.29) is 5.57 Å². The molecule has 0 radical (unpaired) electrons. The highest BCUT2D eigenvalue weighted by molar-refractivity contribution is 5.96. The molecule has 0 atom stereocenters. The number of carbonyl (C=O) groups is 1. The molecule has 1 N–H and O–H groups in total. The van der Waals surface area contributed by atoms with E-state index in [1.54, 1.807) is 19.9 Å². The Morgan fingerprint density at radius 3 is 2.64 bits per heavy atom. The smallest absolute Gasteiger partial charge is 0.346 e. The molecule has 0 bridgehead atoms. The molecule has 0 aliphatic carbocycles. The van der Waals surface area contributed by atoms with Crippen LogP contribution in [-0.2, 0) is 4.79 Å². The lowest BCUT2D eigenvalue weighted by atomic mass is 10.1. The van der Waals surface area contributed by atoms with E-state index in [0.717, 1.165) is 0 Å². The van der Waals surface area contributed by atoms with Gasteiger partial charge in [0.25, 0.3) is 0 Å². The Kier molecular flexibility index (Phi) is 2.67. The van der Waals surface area contributed by atoms with Crippen LogP contribution in [0.25, 0.3) is 6.08 Å². The van der Waals surface area contributed by atoms with Gasteiger partial charge in [0.1, 0.15) is 17.4 Å². The second-order valence-electron chi connectivity index (χ2n) is 2.71. The van der Waals surface area contributed by atoms with Crippen molar-refractivity contribution in [2.75, 3.05) is 0 Å².